The summed E-state index contributed by atoms with van der Waals surface area (Å²) in [4.78, 5) is 55.0. The van der Waals surface area contributed by atoms with Crippen molar-refractivity contribution in [1.29, 1.82) is 0 Å². The maximum absolute atomic E-state index is 12.9. The molecular weight excluding hydrogens is 484 g/mol. The summed E-state index contributed by atoms with van der Waals surface area (Å²) in [5.74, 6) is -1.68. The summed E-state index contributed by atoms with van der Waals surface area (Å²) in [7, 11) is 0. The Labute approximate surface area is 222 Å². The van der Waals surface area contributed by atoms with Gasteiger partial charge in [0.2, 0.25) is 11.8 Å². The largest absolute Gasteiger partial charge is 0.361 e. The number of nitrogens with one attached hydrogen (secondary N) is 2. The number of carbonyl (C=O) groups is 4. The number of Topliss-reactive ketones (excluding diaryl/α,β-unsaturated/α-hetero) is 2. The maximum atomic E-state index is 12.9. The van der Waals surface area contributed by atoms with Crippen molar-refractivity contribution in [1.82, 2.24) is 20.8 Å². The first-order valence-corrected chi connectivity index (χ1v) is 12.6. The number of hydrogen-bond donors (Lipinski definition) is 2. The Morgan fingerprint density at radius 1 is 0.921 bits per heavy atom. The lowest BCUT2D eigenvalue weighted by Crippen LogP contribution is -2.43. The van der Waals surface area contributed by atoms with Gasteiger partial charge in [-0.2, -0.15) is 0 Å². The molecule has 2 amide bonds. The molecule has 0 aliphatic carbocycles. The Bertz CT molecular complexity index is 1280. The quantitative estimate of drug-likeness (QED) is 0.270. The Kier molecular flexibility index (Phi) is 9.65. The molecule has 3 aromatic rings. The van der Waals surface area contributed by atoms with Crippen LogP contribution in [0.5, 0.6) is 0 Å². The summed E-state index contributed by atoms with van der Waals surface area (Å²) in [5.41, 5.74) is 1.90. The van der Waals surface area contributed by atoms with Crippen molar-refractivity contribution in [3.63, 3.8) is 0 Å². The fourth-order valence-corrected chi connectivity index (χ4v) is 3.90. The molecule has 9 heteroatoms. The highest BCUT2D eigenvalue weighted by Crippen LogP contribution is 2.20. The minimum absolute atomic E-state index is 0.118. The van der Waals surface area contributed by atoms with Crippen molar-refractivity contribution in [2.75, 3.05) is 6.54 Å². The highest BCUT2D eigenvalue weighted by atomic mass is 16.5. The van der Waals surface area contributed by atoms with E-state index in [1.165, 1.54) is 6.07 Å². The summed E-state index contributed by atoms with van der Waals surface area (Å²) in [6, 6.07) is 14.8. The smallest absolute Gasteiger partial charge is 0.224 e. The first kappa shape index (κ1) is 28.4. The molecule has 3 rings (SSSR count). The Morgan fingerprint density at radius 3 is 2.32 bits per heavy atom. The van der Waals surface area contributed by atoms with E-state index < -0.39 is 17.4 Å². The average molecular weight is 519 g/mol. The van der Waals surface area contributed by atoms with Gasteiger partial charge in [0.15, 0.2) is 11.6 Å². The summed E-state index contributed by atoms with van der Waals surface area (Å²) in [6.45, 7) is 7.40. The molecule has 1 aromatic carbocycles. The Balaban J connectivity index is 1.56. The molecule has 9 nitrogen and oxygen atoms in total. The predicted octanol–water partition coefficient (Wildman–Crippen LogP) is 4.32. The van der Waals surface area contributed by atoms with Gasteiger partial charge in [-0.05, 0) is 57.4 Å². The number of nitrogens with zero attached hydrogens (tertiary/aromatic N) is 2. The second-order valence-corrected chi connectivity index (χ2v) is 10.3. The molecule has 2 N–H and O–H groups in total. The van der Waals surface area contributed by atoms with Crippen LogP contribution in [-0.4, -0.2) is 45.6 Å². The minimum Gasteiger partial charge on any atom is -0.361 e. The van der Waals surface area contributed by atoms with E-state index in [0.29, 0.717) is 17.9 Å². The zero-order chi connectivity index (χ0) is 27.7. The third-order valence-corrected chi connectivity index (χ3v) is 5.70. The maximum Gasteiger partial charge on any atom is 0.224 e. The van der Waals surface area contributed by atoms with E-state index in [0.717, 1.165) is 11.1 Å². The number of hydrogen-bond acceptors (Lipinski definition) is 7. The third-order valence-electron chi connectivity index (χ3n) is 5.70. The summed E-state index contributed by atoms with van der Waals surface area (Å²) in [5, 5.41) is 9.31. The second-order valence-electron chi connectivity index (χ2n) is 10.3. The summed E-state index contributed by atoms with van der Waals surface area (Å²) < 4.78 is 4.96. The van der Waals surface area contributed by atoms with Crippen LogP contribution in [0.4, 0.5) is 0 Å². The summed E-state index contributed by atoms with van der Waals surface area (Å²) in [6.07, 6.45) is 1.85. The molecule has 2 heterocycles. The number of rotatable bonds is 12. The number of aromatic nitrogens is 2. The molecule has 0 spiro atoms. The molecule has 1 atom stereocenters. The van der Waals surface area contributed by atoms with Gasteiger partial charge in [0, 0.05) is 43.6 Å². The first-order chi connectivity index (χ1) is 18.0. The second kappa shape index (κ2) is 12.9. The van der Waals surface area contributed by atoms with Gasteiger partial charge in [-0.1, -0.05) is 35.5 Å². The molecule has 0 aliphatic rings. The van der Waals surface area contributed by atoms with E-state index in [1.807, 2.05) is 57.2 Å². The Hall–Kier alpha value is -4.14. The SMILES string of the molecule is Cc1cc(C(=O)C[C@@H](CC(=O)NC(C)(C)C)C(=O)NCCCC(=O)c2cc(-c3ccccc3)ccn2)no1. The zero-order valence-corrected chi connectivity index (χ0v) is 22.2. The van der Waals surface area contributed by atoms with E-state index in [9.17, 15) is 19.2 Å². The van der Waals surface area contributed by atoms with Crippen LogP contribution in [0.3, 0.4) is 0 Å². The van der Waals surface area contributed by atoms with Crippen molar-refractivity contribution >= 4 is 23.4 Å². The number of amides is 2. The van der Waals surface area contributed by atoms with Gasteiger partial charge in [0.1, 0.15) is 17.1 Å². The van der Waals surface area contributed by atoms with Crippen LogP contribution >= 0.6 is 0 Å². The molecule has 0 aliphatic heterocycles. The van der Waals surface area contributed by atoms with Crippen LogP contribution < -0.4 is 10.6 Å². The van der Waals surface area contributed by atoms with Crippen LogP contribution in [0.25, 0.3) is 11.1 Å². The van der Waals surface area contributed by atoms with Gasteiger partial charge in [-0.25, -0.2) is 0 Å². The predicted molar refractivity (Wildman–Crippen MR) is 142 cm³/mol. The molecule has 0 radical (unpaired) electrons. The molecule has 38 heavy (non-hydrogen) atoms. The Morgan fingerprint density at radius 2 is 1.66 bits per heavy atom. The number of ketones is 2. The van der Waals surface area contributed by atoms with Gasteiger partial charge < -0.3 is 15.2 Å². The molecule has 2 aromatic heterocycles. The van der Waals surface area contributed by atoms with Crippen LogP contribution in [-0.2, 0) is 9.59 Å². The monoisotopic (exact) mass is 518 g/mol. The average Bonchev–Trinajstić information content (AvgIpc) is 3.32. The number of benzene rings is 1. The van der Waals surface area contributed by atoms with Crippen molar-refractivity contribution < 1.29 is 23.7 Å². The van der Waals surface area contributed by atoms with E-state index in [-0.39, 0.29) is 49.0 Å². The van der Waals surface area contributed by atoms with Crippen LogP contribution in [0, 0.1) is 12.8 Å². The number of carbonyl (C=O) groups excluding carboxylic acids is 4. The fourth-order valence-electron chi connectivity index (χ4n) is 3.90. The standard InChI is InChI=1S/C29H34N4O5/c1-19-15-24(33-38-19)26(35)17-22(18-27(36)32-29(2,3)4)28(37)31-13-8-11-25(34)23-16-21(12-14-30-23)20-9-6-5-7-10-20/h5-7,9-10,12,14-16,22H,8,11,13,17-18H2,1-4H3,(H,31,37)(H,32,36)/t22-/m0/s1. The van der Waals surface area contributed by atoms with E-state index >= 15 is 0 Å². The van der Waals surface area contributed by atoms with Crippen molar-refractivity contribution in [3.05, 3.63) is 71.9 Å². The van der Waals surface area contributed by atoms with Gasteiger partial charge in [-0.15, -0.1) is 0 Å². The molecule has 0 bridgehead atoms. The molecule has 0 saturated heterocycles. The zero-order valence-electron chi connectivity index (χ0n) is 22.2. The molecule has 0 saturated carbocycles. The highest BCUT2D eigenvalue weighted by Gasteiger charge is 2.28. The third kappa shape index (κ3) is 8.76. The fraction of sp³-hybridized carbons (Fsp3) is 0.379. The van der Waals surface area contributed by atoms with Crippen LogP contribution in [0.2, 0.25) is 0 Å². The lowest BCUT2D eigenvalue weighted by Gasteiger charge is -2.22. The van der Waals surface area contributed by atoms with E-state index in [4.69, 9.17) is 4.52 Å². The van der Waals surface area contributed by atoms with Crippen LogP contribution in [0.1, 0.15) is 73.2 Å². The van der Waals surface area contributed by atoms with Gasteiger partial charge in [-0.3, -0.25) is 24.2 Å². The number of aryl methyl sites for hydroxylation is 1. The molecule has 0 fully saturated rings. The van der Waals surface area contributed by atoms with Crippen molar-refractivity contribution in [3.8, 4) is 11.1 Å². The molecule has 0 unspecified atom stereocenters. The minimum atomic E-state index is -0.887. The molecular formula is C29H34N4O5. The van der Waals surface area contributed by atoms with E-state index in [1.54, 1.807) is 19.2 Å². The number of pyridine rings is 1. The lowest BCUT2D eigenvalue weighted by atomic mass is 9.95. The van der Waals surface area contributed by atoms with E-state index in [2.05, 4.69) is 20.8 Å². The van der Waals surface area contributed by atoms with Gasteiger partial charge in [0.25, 0.3) is 0 Å². The first-order valence-electron chi connectivity index (χ1n) is 12.6. The van der Waals surface area contributed by atoms with Crippen molar-refractivity contribution in [2.24, 2.45) is 5.92 Å². The lowest BCUT2D eigenvalue weighted by molar-refractivity contribution is -0.130. The highest BCUT2D eigenvalue weighted by molar-refractivity contribution is 5.98. The van der Waals surface area contributed by atoms with Crippen LogP contribution in [0.15, 0.2) is 59.3 Å². The summed E-state index contributed by atoms with van der Waals surface area (Å²) >= 11 is 0. The van der Waals surface area contributed by atoms with Gasteiger partial charge >= 0.3 is 0 Å². The topological polar surface area (TPSA) is 131 Å². The van der Waals surface area contributed by atoms with Gasteiger partial charge in [0.05, 0.1) is 5.92 Å². The molecule has 200 valence electrons. The van der Waals surface area contributed by atoms with Crippen molar-refractivity contribution in [2.45, 2.75) is 58.9 Å². The normalized spacial score (nSPS) is 12.0.